The Hall–Kier alpha value is -0.146. The average molecular weight is 485 g/mol. The summed E-state index contributed by atoms with van der Waals surface area (Å²) in [5.41, 5.74) is 1.14. The molecule has 32 heavy (non-hydrogen) atoms. The van der Waals surface area contributed by atoms with Crippen molar-refractivity contribution >= 4 is 16.6 Å². The summed E-state index contributed by atoms with van der Waals surface area (Å²) in [7, 11) is -3.99. The van der Waals surface area contributed by atoms with Crippen molar-refractivity contribution in [2.75, 3.05) is 0 Å². The van der Waals surface area contributed by atoms with Gasteiger partial charge in [0.2, 0.25) is 16.6 Å². The van der Waals surface area contributed by atoms with E-state index >= 15 is 0 Å². The molecule has 1 fully saturated rings. The van der Waals surface area contributed by atoms with Gasteiger partial charge in [-0.1, -0.05) is 76.2 Å². The number of hydrogen-bond acceptors (Lipinski definition) is 4. The molecule has 5 atom stereocenters. The van der Waals surface area contributed by atoms with Crippen molar-refractivity contribution in [2.45, 2.75) is 153 Å². The van der Waals surface area contributed by atoms with Crippen LogP contribution in [0.3, 0.4) is 0 Å². The fourth-order valence-corrected chi connectivity index (χ4v) is 18.5. The van der Waals surface area contributed by atoms with E-state index in [-0.39, 0.29) is 12.2 Å². The minimum Gasteiger partial charge on any atom is -0.495 e. The highest BCUT2D eigenvalue weighted by atomic mass is 28.4. The van der Waals surface area contributed by atoms with Gasteiger partial charge in [-0.2, -0.15) is 0 Å². The fraction of sp³-hybridized carbons (Fsp3) is 0.923. The molecule has 188 valence electrons. The van der Waals surface area contributed by atoms with Crippen LogP contribution in [0.1, 0.15) is 96.4 Å². The topological polar surface area (TPSA) is 47.9 Å². The lowest BCUT2D eigenvalue weighted by atomic mass is 9.78. The van der Waals surface area contributed by atoms with E-state index in [0.29, 0.717) is 39.7 Å². The Morgan fingerprint density at radius 2 is 1.41 bits per heavy atom. The van der Waals surface area contributed by atoms with Crippen LogP contribution < -0.4 is 0 Å². The molecule has 0 spiro atoms. The molecule has 2 rings (SSSR count). The molecule has 1 N–H and O–H groups in total. The second kappa shape index (κ2) is 9.48. The predicted molar refractivity (Wildman–Crippen MR) is 140 cm³/mol. The Kier molecular flexibility index (Phi) is 8.32. The second-order valence-corrected chi connectivity index (χ2v) is 23.0. The van der Waals surface area contributed by atoms with E-state index in [4.69, 9.17) is 13.6 Å². The van der Waals surface area contributed by atoms with Gasteiger partial charge in [0.1, 0.15) is 17.3 Å². The first kappa shape index (κ1) is 28.1. The Morgan fingerprint density at radius 3 is 1.78 bits per heavy atom. The highest BCUT2D eigenvalue weighted by Gasteiger charge is 2.62. The largest absolute Gasteiger partial charge is 0.495 e. The van der Waals surface area contributed by atoms with Crippen molar-refractivity contribution in [1.82, 2.24) is 0 Å². The maximum Gasteiger partial charge on any atom is 0.203 e. The van der Waals surface area contributed by atoms with Crippen LogP contribution in [-0.4, -0.2) is 45.2 Å². The van der Waals surface area contributed by atoms with E-state index in [0.717, 1.165) is 0 Å². The summed E-state index contributed by atoms with van der Waals surface area (Å²) in [6, 6.07) is 0. The molecule has 6 heteroatoms. The standard InChI is InChI=1S/C26H52O4Si2/c1-17(2)31(18(3)4,19(5)6)30-25(12)14-15-28-24(26(25,13)27)16-23-22(11)32(29-23,20(7)8)21(9)10/h14-15,17-24,27H,16H2,1-13H3/t22?,23?,24?,25-,26-/m1/s1. The van der Waals surface area contributed by atoms with Crippen molar-refractivity contribution in [3.63, 3.8) is 0 Å². The summed E-state index contributed by atoms with van der Waals surface area (Å²) in [5, 5.41) is 11.9. The van der Waals surface area contributed by atoms with Gasteiger partial charge in [0.15, 0.2) is 0 Å². The quantitative estimate of drug-likeness (QED) is 0.343. The molecular formula is C26H52O4Si2. The molecule has 1 saturated heterocycles. The predicted octanol–water partition coefficient (Wildman–Crippen LogP) is 7.55. The third-order valence-electron chi connectivity index (χ3n) is 9.23. The van der Waals surface area contributed by atoms with Crippen LogP contribution in [0.15, 0.2) is 12.3 Å². The monoisotopic (exact) mass is 484 g/mol. The molecule has 2 heterocycles. The minimum absolute atomic E-state index is 0.140. The number of rotatable bonds is 9. The third-order valence-corrected chi connectivity index (χ3v) is 21.5. The first-order valence-electron chi connectivity index (χ1n) is 12.9. The van der Waals surface area contributed by atoms with E-state index in [1.807, 2.05) is 13.0 Å². The first-order valence-corrected chi connectivity index (χ1v) is 17.2. The van der Waals surface area contributed by atoms with E-state index in [1.165, 1.54) is 0 Å². The maximum atomic E-state index is 11.9. The summed E-state index contributed by atoms with van der Waals surface area (Å²) in [5.74, 6) is 0. The molecule has 4 nitrogen and oxygen atoms in total. The van der Waals surface area contributed by atoms with Gasteiger partial charge in [-0.05, 0) is 47.6 Å². The molecule has 0 aliphatic carbocycles. The van der Waals surface area contributed by atoms with Crippen molar-refractivity contribution in [3.8, 4) is 0 Å². The van der Waals surface area contributed by atoms with Crippen LogP contribution in [-0.2, 0) is 13.6 Å². The maximum absolute atomic E-state index is 11.9. The zero-order valence-electron chi connectivity index (χ0n) is 23.2. The summed E-state index contributed by atoms with van der Waals surface area (Å²) < 4.78 is 20.0. The van der Waals surface area contributed by atoms with Crippen molar-refractivity contribution in [3.05, 3.63) is 12.3 Å². The SMILES string of the molecule is CC(C)[Si](O[C@]1(C)C=COC(CC2O[Si](C(C)C)(C(C)C)C2C)[C@@]1(C)O)(C(C)C)C(C)C. The summed E-state index contributed by atoms with van der Waals surface area (Å²) >= 11 is 0. The van der Waals surface area contributed by atoms with Gasteiger partial charge in [-0.3, -0.25) is 0 Å². The van der Waals surface area contributed by atoms with Gasteiger partial charge in [-0.25, -0.2) is 0 Å². The number of ether oxygens (including phenoxy) is 1. The van der Waals surface area contributed by atoms with Gasteiger partial charge in [0.25, 0.3) is 0 Å². The van der Waals surface area contributed by atoms with E-state index in [9.17, 15) is 5.11 Å². The van der Waals surface area contributed by atoms with Crippen LogP contribution in [0.4, 0.5) is 0 Å². The molecule has 0 bridgehead atoms. The molecule has 0 saturated carbocycles. The third kappa shape index (κ3) is 4.21. The highest BCUT2D eigenvalue weighted by molar-refractivity contribution is 6.80. The normalized spacial score (nSPS) is 35.2. The van der Waals surface area contributed by atoms with E-state index in [1.54, 1.807) is 6.26 Å². The molecule has 0 aromatic heterocycles. The van der Waals surface area contributed by atoms with Gasteiger partial charge in [0.05, 0.1) is 12.4 Å². The molecule has 0 radical (unpaired) electrons. The van der Waals surface area contributed by atoms with Crippen LogP contribution >= 0.6 is 0 Å². The average Bonchev–Trinajstić information content (AvgIpc) is 2.64. The minimum atomic E-state index is -2.20. The smallest absolute Gasteiger partial charge is 0.203 e. The van der Waals surface area contributed by atoms with E-state index in [2.05, 4.69) is 83.1 Å². The molecular weight excluding hydrogens is 432 g/mol. The first-order chi connectivity index (χ1) is 14.5. The van der Waals surface area contributed by atoms with Crippen LogP contribution in [0.2, 0.25) is 33.2 Å². The fourth-order valence-electron chi connectivity index (χ4n) is 7.17. The van der Waals surface area contributed by atoms with Gasteiger partial charge in [0, 0.05) is 12.0 Å². The molecule has 0 amide bonds. The van der Waals surface area contributed by atoms with Crippen molar-refractivity contribution < 1.29 is 18.7 Å². The highest BCUT2D eigenvalue weighted by Crippen LogP contribution is 2.56. The lowest BCUT2D eigenvalue weighted by Crippen LogP contribution is -2.68. The van der Waals surface area contributed by atoms with Crippen LogP contribution in [0, 0.1) is 0 Å². The molecule has 3 unspecified atom stereocenters. The zero-order valence-corrected chi connectivity index (χ0v) is 25.2. The Balaban J connectivity index is 2.30. The number of aliphatic hydroxyl groups is 1. The zero-order chi connectivity index (χ0) is 24.9. The van der Waals surface area contributed by atoms with Crippen molar-refractivity contribution in [2.24, 2.45) is 0 Å². The molecule has 0 aromatic carbocycles. The van der Waals surface area contributed by atoms with Gasteiger partial charge in [-0.15, -0.1) is 0 Å². The summed E-state index contributed by atoms with van der Waals surface area (Å²) in [6.07, 6.45) is 4.20. The van der Waals surface area contributed by atoms with Gasteiger partial charge >= 0.3 is 0 Å². The summed E-state index contributed by atoms with van der Waals surface area (Å²) in [4.78, 5) is 0. The van der Waals surface area contributed by atoms with Crippen LogP contribution in [0.5, 0.6) is 0 Å². The Labute approximate surface area is 200 Å². The lowest BCUT2D eigenvalue weighted by Gasteiger charge is -2.59. The molecule has 0 aromatic rings. The Morgan fingerprint density at radius 1 is 0.938 bits per heavy atom. The molecule has 2 aliphatic rings. The number of hydrogen-bond donors (Lipinski definition) is 1. The Bertz CT molecular complexity index is 641. The van der Waals surface area contributed by atoms with Crippen molar-refractivity contribution in [1.29, 1.82) is 0 Å². The van der Waals surface area contributed by atoms with Crippen LogP contribution in [0.25, 0.3) is 0 Å². The second-order valence-electron chi connectivity index (χ2n) is 12.4. The van der Waals surface area contributed by atoms with E-state index < -0.39 is 27.8 Å². The summed E-state index contributed by atoms with van der Waals surface area (Å²) in [6.45, 7) is 29.3. The lowest BCUT2D eigenvalue weighted by molar-refractivity contribution is -0.182. The molecule has 2 aliphatic heterocycles. The van der Waals surface area contributed by atoms with Gasteiger partial charge < -0.3 is 18.7 Å².